The number of aromatic nitrogens is 3. The van der Waals surface area contributed by atoms with Gasteiger partial charge in [-0.15, -0.1) is 23.1 Å². The maximum Gasteiger partial charge on any atom is 0.177 e. The quantitative estimate of drug-likeness (QED) is 0.469. The number of benzene rings is 1. The third-order valence-electron chi connectivity index (χ3n) is 5.24. The summed E-state index contributed by atoms with van der Waals surface area (Å²) in [7, 11) is 0. The van der Waals surface area contributed by atoms with Crippen molar-refractivity contribution in [1.82, 2.24) is 14.8 Å². The van der Waals surface area contributed by atoms with E-state index < -0.39 is 28.8 Å². The Hall–Kier alpha value is -1.82. The molecule has 2 atom stereocenters. The zero-order valence-corrected chi connectivity index (χ0v) is 20.0. The lowest BCUT2D eigenvalue weighted by atomic mass is 9.90. The van der Waals surface area contributed by atoms with E-state index in [0.29, 0.717) is 17.6 Å². The van der Waals surface area contributed by atoms with Crippen molar-refractivity contribution in [3.8, 4) is 0 Å². The zero-order valence-electron chi connectivity index (χ0n) is 17.6. The molecule has 6 nitrogen and oxygen atoms in total. The summed E-state index contributed by atoms with van der Waals surface area (Å²) in [5.41, 5.74) is -1.68. The maximum absolute atomic E-state index is 14.7. The molecule has 1 aliphatic rings. The van der Waals surface area contributed by atoms with E-state index in [1.54, 1.807) is 6.92 Å². The molecule has 3 heterocycles. The van der Waals surface area contributed by atoms with Crippen molar-refractivity contribution >= 4 is 40.8 Å². The number of hydrogen-bond donors (Lipinski definition) is 1. The van der Waals surface area contributed by atoms with Crippen molar-refractivity contribution in [2.45, 2.75) is 35.9 Å². The minimum Gasteiger partial charge on any atom is -0.382 e. The predicted octanol–water partition coefficient (Wildman–Crippen LogP) is 4.74. The summed E-state index contributed by atoms with van der Waals surface area (Å²) >= 11 is 8.82. The maximum atomic E-state index is 14.7. The molecule has 0 radical (unpaired) electrons. The topological polar surface area (TPSA) is 69.4 Å². The smallest absolute Gasteiger partial charge is 0.177 e. The van der Waals surface area contributed by atoms with E-state index >= 15 is 0 Å². The van der Waals surface area contributed by atoms with E-state index in [0.717, 1.165) is 17.0 Å². The van der Waals surface area contributed by atoms with Crippen molar-refractivity contribution in [3.63, 3.8) is 0 Å². The Bertz CT molecular complexity index is 1090. The van der Waals surface area contributed by atoms with Gasteiger partial charge in [-0.05, 0) is 30.4 Å². The lowest BCUT2D eigenvalue weighted by Crippen LogP contribution is -2.43. The van der Waals surface area contributed by atoms with Gasteiger partial charge in [0.2, 0.25) is 0 Å². The highest BCUT2D eigenvalue weighted by Gasteiger charge is 2.41. The standard InChI is InChI=1S/C22H22ClF2N3O3S2/c1-14(32-17-9-30-21(31-10-17)7-4-16-3-6-20(23)33-16)22(29,11-28-13-26-12-27-28)18-5-2-15(24)8-19(18)25/h2-8,12-14,17,21,29H,9-11H2,1H3/t14-,17-,21-,22-/m1/s1. The van der Waals surface area contributed by atoms with Crippen molar-refractivity contribution in [3.05, 3.63) is 75.5 Å². The van der Waals surface area contributed by atoms with Crippen LogP contribution in [0.1, 0.15) is 17.4 Å². The fourth-order valence-electron chi connectivity index (χ4n) is 3.52. The molecular formula is C22H22ClF2N3O3S2. The average Bonchev–Trinajstić information content (AvgIpc) is 3.44. The number of nitrogens with zero attached hydrogens (tertiary/aromatic N) is 3. The number of thiophene rings is 1. The molecule has 33 heavy (non-hydrogen) atoms. The normalized spacial score (nSPS) is 21.8. The number of halogens is 3. The van der Waals surface area contributed by atoms with Gasteiger partial charge in [0.15, 0.2) is 6.29 Å². The third-order valence-corrected chi connectivity index (χ3v) is 7.89. The number of aliphatic hydroxyl groups is 1. The van der Waals surface area contributed by atoms with Gasteiger partial charge < -0.3 is 14.6 Å². The molecule has 0 amide bonds. The monoisotopic (exact) mass is 513 g/mol. The third kappa shape index (κ3) is 6.00. The van der Waals surface area contributed by atoms with Gasteiger partial charge in [0.25, 0.3) is 0 Å². The summed E-state index contributed by atoms with van der Waals surface area (Å²) in [6.45, 7) is 2.52. The van der Waals surface area contributed by atoms with Crippen LogP contribution in [-0.4, -0.2) is 49.9 Å². The van der Waals surface area contributed by atoms with Crippen LogP contribution < -0.4 is 0 Å². The van der Waals surface area contributed by atoms with Gasteiger partial charge in [0, 0.05) is 21.8 Å². The summed E-state index contributed by atoms with van der Waals surface area (Å²) in [6, 6.07) is 6.91. The summed E-state index contributed by atoms with van der Waals surface area (Å²) < 4.78 is 41.9. The van der Waals surface area contributed by atoms with Gasteiger partial charge in [-0.3, -0.25) is 0 Å². The first-order valence-corrected chi connectivity index (χ1v) is 12.3. The lowest BCUT2D eigenvalue weighted by molar-refractivity contribution is -0.146. The molecule has 1 aliphatic heterocycles. The van der Waals surface area contributed by atoms with Crippen molar-refractivity contribution in [2.75, 3.05) is 13.2 Å². The number of ether oxygens (including phenoxy) is 2. The van der Waals surface area contributed by atoms with Crippen LogP contribution in [0.3, 0.4) is 0 Å². The van der Waals surface area contributed by atoms with E-state index in [9.17, 15) is 13.9 Å². The van der Waals surface area contributed by atoms with Crippen molar-refractivity contribution < 1.29 is 23.4 Å². The lowest BCUT2D eigenvalue weighted by Gasteiger charge is -2.37. The molecule has 0 spiro atoms. The molecule has 1 saturated heterocycles. The van der Waals surface area contributed by atoms with Gasteiger partial charge in [-0.25, -0.2) is 18.4 Å². The van der Waals surface area contributed by atoms with Gasteiger partial charge in [-0.1, -0.05) is 24.6 Å². The molecule has 2 aromatic heterocycles. The van der Waals surface area contributed by atoms with Crippen LogP contribution in [0.15, 0.2) is 49.1 Å². The van der Waals surface area contributed by atoms with Crippen LogP contribution in [0.25, 0.3) is 6.08 Å². The molecule has 11 heteroatoms. The van der Waals surface area contributed by atoms with Gasteiger partial charge in [0.05, 0.1) is 29.3 Å². The summed E-state index contributed by atoms with van der Waals surface area (Å²) in [5.74, 6) is -1.53. The molecule has 1 N–H and O–H groups in total. The van der Waals surface area contributed by atoms with Crippen LogP contribution in [0.4, 0.5) is 8.78 Å². The highest BCUT2D eigenvalue weighted by atomic mass is 35.5. The van der Waals surface area contributed by atoms with Crippen molar-refractivity contribution in [1.29, 1.82) is 0 Å². The van der Waals surface area contributed by atoms with Gasteiger partial charge in [-0.2, -0.15) is 5.10 Å². The number of thioether (sulfide) groups is 1. The summed E-state index contributed by atoms with van der Waals surface area (Å²) in [5, 5.41) is 15.1. The molecule has 0 saturated carbocycles. The van der Waals surface area contributed by atoms with Gasteiger partial charge in [0.1, 0.15) is 29.9 Å². The number of rotatable bonds is 8. The molecule has 1 fully saturated rings. The highest BCUT2D eigenvalue weighted by Crippen LogP contribution is 2.38. The Morgan fingerprint density at radius 3 is 2.76 bits per heavy atom. The second kappa shape index (κ2) is 10.6. The van der Waals surface area contributed by atoms with Crippen LogP contribution in [0, 0.1) is 11.6 Å². The van der Waals surface area contributed by atoms with E-state index in [4.69, 9.17) is 21.1 Å². The average molecular weight is 514 g/mol. The highest BCUT2D eigenvalue weighted by molar-refractivity contribution is 8.00. The second-order valence-corrected chi connectivity index (χ2v) is 11.0. The van der Waals surface area contributed by atoms with Crippen LogP contribution in [0.5, 0.6) is 0 Å². The first-order valence-electron chi connectivity index (χ1n) is 10.2. The first kappa shape index (κ1) is 24.3. The van der Waals surface area contributed by atoms with E-state index in [1.165, 1.54) is 46.5 Å². The molecule has 1 aromatic carbocycles. The molecule has 0 unspecified atom stereocenters. The molecule has 3 aromatic rings. The Morgan fingerprint density at radius 1 is 1.33 bits per heavy atom. The first-order chi connectivity index (χ1) is 15.8. The molecule has 4 rings (SSSR count). The minimum atomic E-state index is -1.68. The Kier molecular flexibility index (Phi) is 7.83. The van der Waals surface area contributed by atoms with E-state index in [1.807, 2.05) is 24.3 Å². The van der Waals surface area contributed by atoms with E-state index in [-0.39, 0.29) is 17.4 Å². The van der Waals surface area contributed by atoms with E-state index in [2.05, 4.69) is 10.1 Å². The van der Waals surface area contributed by atoms with Crippen LogP contribution >= 0.6 is 34.7 Å². The largest absolute Gasteiger partial charge is 0.382 e. The van der Waals surface area contributed by atoms with Crippen molar-refractivity contribution in [2.24, 2.45) is 0 Å². The molecular weight excluding hydrogens is 492 g/mol. The Balaban J connectivity index is 1.43. The zero-order chi connectivity index (χ0) is 23.4. The summed E-state index contributed by atoms with van der Waals surface area (Å²) in [4.78, 5) is 4.88. The van der Waals surface area contributed by atoms with Crippen LogP contribution in [-0.2, 0) is 21.6 Å². The Morgan fingerprint density at radius 2 is 2.12 bits per heavy atom. The van der Waals surface area contributed by atoms with Gasteiger partial charge >= 0.3 is 0 Å². The SMILES string of the molecule is C[C@@H](S[C@H]1CO[C@H](C=Cc2ccc(Cl)s2)OC1)[C@](O)(Cn1cncn1)c1ccc(F)cc1F. The molecule has 0 bridgehead atoms. The molecule has 176 valence electrons. The number of hydrogen-bond acceptors (Lipinski definition) is 7. The molecule has 0 aliphatic carbocycles. The fraction of sp³-hybridized carbons (Fsp3) is 0.364. The Labute approximate surface area is 203 Å². The minimum absolute atomic E-state index is 0.00698. The second-order valence-electron chi connectivity index (χ2n) is 7.58. The fourth-order valence-corrected chi connectivity index (χ4v) is 5.81. The summed E-state index contributed by atoms with van der Waals surface area (Å²) in [6.07, 6.45) is 6.00. The predicted molar refractivity (Wildman–Crippen MR) is 125 cm³/mol. The van der Waals surface area contributed by atoms with Crippen LogP contribution in [0.2, 0.25) is 4.34 Å².